The van der Waals surface area contributed by atoms with E-state index in [1.54, 1.807) is 18.2 Å². The lowest BCUT2D eigenvalue weighted by Crippen LogP contribution is -2.22. The van der Waals surface area contributed by atoms with Crippen LogP contribution in [0.25, 0.3) is 0 Å². The van der Waals surface area contributed by atoms with Crippen molar-refractivity contribution in [2.75, 3.05) is 6.79 Å². The summed E-state index contributed by atoms with van der Waals surface area (Å²) in [6.07, 6.45) is 0. The van der Waals surface area contributed by atoms with Crippen molar-refractivity contribution in [3.8, 4) is 17.2 Å². The van der Waals surface area contributed by atoms with E-state index in [0.29, 0.717) is 11.5 Å². The van der Waals surface area contributed by atoms with Crippen LogP contribution in [0.15, 0.2) is 36.4 Å². The van der Waals surface area contributed by atoms with Crippen molar-refractivity contribution < 1.29 is 23.8 Å². The molecule has 0 atom stereocenters. The van der Waals surface area contributed by atoms with Gasteiger partial charge in [-0.25, -0.2) is 4.39 Å². The number of halogens is 1. The second-order valence-corrected chi connectivity index (χ2v) is 4.53. The summed E-state index contributed by atoms with van der Waals surface area (Å²) in [6.45, 7) is 0.445. The smallest absolute Gasteiger partial charge is 0.255 e. The van der Waals surface area contributed by atoms with Crippen LogP contribution in [0.2, 0.25) is 0 Å². The summed E-state index contributed by atoms with van der Waals surface area (Å²) in [6, 6.07) is 8.59. The van der Waals surface area contributed by atoms with Crippen LogP contribution in [-0.2, 0) is 6.54 Å². The molecule has 0 aromatic heterocycles. The van der Waals surface area contributed by atoms with Gasteiger partial charge >= 0.3 is 0 Å². The number of hydrogen-bond donors (Lipinski definition) is 2. The number of amides is 1. The van der Waals surface area contributed by atoms with E-state index in [4.69, 9.17) is 9.47 Å². The van der Waals surface area contributed by atoms with Crippen LogP contribution in [0.4, 0.5) is 4.39 Å². The molecule has 1 aliphatic rings. The number of rotatable bonds is 3. The lowest BCUT2D eigenvalue weighted by atomic mass is 10.1. The van der Waals surface area contributed by atoms with Gasteiger partial charge in [0.15, 0.2) is 11.5 Å². The normalized spacial score (nSPS) is 12.2. The van der Waals surface area contributed by atoms with E-state index in [1.807, 2.05) is 0 Å². The summed E-state index contributed by atoms with van der Waals surface area (Å²) in [5, 5.41) is 12.2. The van der Waals surface area contributed by atoms with E-state index in [9.17, 15) is 14.3 Å². The summed E-state index contributed by atoms with van der Waals surface area (Å²) in [7, 11) is 0. The molecule has 0 radical (unpaired) electrons. The van der Waals surface area contributed by atoms with Gasteiger partial charge in [0, 0.05) is 12.6 Å². The van der Waals surface area contributed by atoms with E-state index in [2.05, 4.69) is 5.32 Å². The maximum atomic E-state index is 12.9. The minimum atomic E-state index is -0.597. The van der Waals surface area contributed by atoms with Crippen LogP contribution < -0.4 is 14.8 Å². The summed E-state index contributed by atoms with van der Waals surface area (Å²) in [4.78, 5) is 11.9. The molecular formula is C15H12FNO4. The van der Waals surface area contributed by atoms with Gasteiger partial charge in [0.2, 0.25) is 6.79 Å². The Hall–Kier alpha value is -2.76. The number of benzene rings is 2. The Kier molecular flexibility index (Phi) is 3.35. The first-order valence-corrected chi connectivity index (χ1v) is 6.29. The fourth-order valence-electron chi connectivity index (χ4n) is 2.03. The summed E-state index contributed by atoms with van der Waals surface area (Å²) < 4.78 is 23.3. The number of carbonyl (C=O) groups excluding carboxylic acids is 1. The van der Waals surface area contributed by atoms with Crippen molar-refractivity contribution in [3.63, 3.8) is 0 Å². The number of aromatic hydroxyl groups is 1. The fraction of sp³-hybridized carbons (Fsp3) is 0.133. The van der Waals surface area contributed by atoms with Gasteiger partial charge < -0.3 is 19.9 Å². The number of carbonyl (C=O) groups is 1. The maximum absolute atomic E-state index is 12.9. The van der Waals surface area contributed by atoms with Crippen LogP contribution in [0.1, 0.15) is 15.9 Å². The van der Waals surface area contributed by atoms with Gasteiger partial charge in [-0.2, -0.15) is 0 Å². The van der Waals surface area contributed by atoms with Gasteiger partial charge in [0.25, 0.3) is 5.91 Å². The van der Waals surface area contributed by atoms with Crippen molar-refractivity contribution in [1.29, 1.82) is 0 Å². The quantitative estimate of drug-likeness (QED) is 0.909. The van der Waals surface area contributed by atoms with E-state index in [1.165, 1.54) is 6.07 Å². The molecule has 5 nitrogen and oxygen atoms in total. The molecule has 6 heteroatoms. The predicted octanol–water partition coefficient (Wildman–Crippen LogP) is 2.19. The van der Waals surface area contributed by atoms with Crippen molar-refractivity contribution in [1.82, 2.24) is 5.32 Å². The molecular weight excluding hydrogens is 277 g/mol. The van der Waals surface area contributed by atoms with Gasteiger partial charge in [-0.1, -0.05) is 6.07 Å². The summed E-state index contributed by atoms with van der Waals surface area (Å²) in [5.74, 6) is -0.171. The Morgan fingerprint density at radius 3 is 2.81 bits per heavy atom. The number of hydrogen-bond acceptors (Lipinski definition) is 4. The Morgan fingerprint density at radius 1 is 1.19 bits per heavy atom. The van der Waals surface area contributed by atoms with Crippen LogP contribution >= 0.6 is 0 Å². The van der Waals surface area contributed by atoms with Crippen molar-refractivity contribution in [3.05, 3.63) is 53.3 Å². The lowest BCUT2D eigenvalue weighted by molar-refractivity contribution is 0.0948. The topological polar surface area (TPSA) is 67.8 Å². The highest BCUT2D eigenvalue weighted by atomic mass is 19.1. The first-order valence-electron chi connectivity index (χ1n) is 6.29. The van der Waals surface area contributed by atoms with Gasteiger partial charge in [-0.3, -0.25) is 4.79 Å². The average molecular weight is 289 g/mol. The zero-order valence-corrected chi connectivity index (χ0v) is 10.9. The molecule has 0 saturated carbocycles. The molecule has 2 aromatic rings. The Balaban J connectivity index is 1.68. The van der Waals surface area contributed by atoms with Gasteiger partial charge in [0.05, 0.1) is 5.56 Å². The summed E-state index contributed by atoms with van der Waals surface area (Å²) in [5.41, 5.74) is 0.853. The second kappa shape index (κ2) is 5.32. The number of fused-ring (bicyclic) bond motifs is 1. The van der Waals surface area contributed by atoms with Crippen LogP contribution in [0.5, 0.6) is 17.2 Å². The number of phenols is 1. The highest BCUT2D eigenvalue weighted by Gasteiger charge is 2.15. The molecule has 0 bridgehead atoms. The molecule has 2 N–H and O–H groups in total. The van der Waals surface area contributed by atoms with Crippen LogP contribution in [0.3, 0.4) is 0 Å². The van der Waals surface area contributed by atoms with Gasteiger partial charge in [0.1, 0.15) is 11.6 Å². The lowest BCUT2D eigenvalue weighted by Gasteiger charge is -2.07. The number of ether oxygens (including phenoxy) is 2. The van der Waals surface area contributed by atoms with Crippen LogP contribution in [0, 0.1) is 5.82 Å². The fourth-order valence-corrected chi connectivity index (χ4v) is 2.03. The van der Waals surface area contributed by atoms with Crippen molar-refractivity contribution in [2.24, 2.45) is 0 Å². The monoisotopic (exact) mass is 289 g/mol. The van der Waals surface area contributed by atoms with E-state index in [0.717, 1.165) is 17.7 Å². The van der Waals surface area contributed by atoms with E-state index >= 15 is 0 Å². The van der Waals surface area contributed by atoms with Crippen molar-refractivity contribution in [2.45, 2.75) is 6.54 Å². The zero-order valence-electron chi connectivity index (χ0n) is 10.9. The molecule has 108 valence electrons. The molecule has 0 saturated heterocycles. The zero-order chi connectivity index (χ0) is 14.8. The van der Waals surface area contributed by atoms with Crippen molar-refractivity contribution >= 4 is 5.91 Å². The SMILES string of the molecule is O=C(NCc1ccc2c(c1)OCO2)c1ccc(F)cc1O. The molecule has 3 rings (SSSR count). The largest absolute Gasteiger partial charge is 0.507 e. The molecule has 0 fully saturated rings. The van der Waals surface area contributed by atoms with E-state index in [-0.39, 0.29) is 18.9 Å². The Labute approximate surface area is 119 Å². The number of nitrogens with one attached hydrogen (secondary N) is 1. The third-order valence-corrected chi connectivity index (χ3v) is 3.09. The first kappa shape index (κ1) is 13.2. The summed E-state index contributed by atoms with van der Waals surface area (Å²) >= 11 is 0. The highest BCUT2D eigenvalue weighted by molar-refractivity contribution is 5.96. The molecule has 1 heterocycles. The Morgan fingerprint density at radius 2 is 2.00 bits per heavy atom. The molecule has 0 aliphatic carbocycles. The minimum absolute atomic E-state index is 0.0251. The van der Waals surface area contributed by atoms with E-state index < -0.39 is 17.5 Å². The first-order chi connectivity index (χ1) is 10.1. The molecule has 0 spiro atoms. The van der Waals surface area contributed by atoms with Crippen LogP contribution in [-0.4, -0.2) is 17.8 Å². The second-order valence-electron chi connectivity index (χ2n) is 4.53. The molecule has 21 heavy (non-hydrogen) atoms. The third-order valence-electron chi connectivity index (χ3n) is 3.09. The maximum Gasteiger partial charge on any atom is 0.255 e. The average Bonchev–Trinajstić information content (AvgIpc) is 2.92. The highest BCUT2D eigenvalue weighted by Crippen LogP contribution is 2.32. The molecule has 1 aliphatic heterocycles. The molecule has 1 amide bonds. The minimum Gasteiger partial charge on any atom is -0.507 e. The van der Waals surface area contributed by atoms with Gasteiger partial charge in [-0.15, -0.1) is 0 Å². The molecule has 0 unspecified atom stereocenters. The Bertz CT molecular complexity index is 702. The third kappa shape index (κ3) is 2.74. The van der Waals surface area contributed by atoms with Gasteiger partial charge in [-0.05, 0) is 29.8 Å². The standard InChI is InChI=1S/C15H12FNO4/c16-10-2-3-11(12(18)6-10)15(19)17-7-9-1-4-13-14(5-9)21-8-20-13/h1-6,18H,7-8H2,(H,17,19). The predicted molar refractivity (Wildman–Crippen MR) is 71.8 cm³/mol. The molecule has 2 aromatic carbocycles. The number of phenolic OH excluding ortho intramolecular Hbond substituents is 1.